The van der Waals surface area contributed by atoms with Crippen LogP contribution < -0.4 is 24.4 Å². The second-order valence-electron chi connectivity index (χ2n) is 11.0. The number of fused-ring (bicyclic) bond motifs is 1. The molecule has 2 aromatic rings. The molecule has 0 radical (unpaired) electrons. The third kappa shape index (κ3) is 7.38. The van der Waals surface area contributed by atoms with Crippen LogP contribution in [-0.2, 0) is 24.8 Å². The lowest BCUT2D eigenvalue weighted by atomic mass is 9.88. The molecule has 1 aromatic heterocycles. The van der Waals surface area contributed by atoms with Gasteiger partial charge in [0.1, 0.15) is 42.3 Å². The fraction of sp³-hybridized carbons (Fsp3) is 0.593. The summed E-state index contributed by atoms with van der Waals surface area (Å²) in [5.41, 5.74) is 0.223. The number of sulfonamides is 2. The number of rotatable bonds is 12. The zero-order chi connectivity index (χ0) is 30.7. The monoisotopic (exact) mass is 643 g/mol. The Bertz CT molecular complexity index is 1490. The number of halogens is 1. The Morgan fingerprint density at radius 1 is 1.19 bits per heavy atom. The summed E-state index contributed by atoms with van der Waals surface area (Å²) in [7, 11) is -5.70. The van der Waals surface area contributed by atoms with Crippen molar-refractivity contribution < 1.29 is 40.5 Å². The molecule has 4 heterocycles. The maximum absolute atomic E-state index is 13.4. The fourth-order valence-electron chi connectivity index (χ4n) is 5.50. The number of aliphatic hydroxyl groups excluding tert-OH is 1. The molecule has 2 fully saturated rings. The van der Waals surface area contributed by atoms with Crippen molar-refractivity contribution in [2.75, 3.05) is 71.2 Å². The second-order valence-corrected chi connectivity index (χ2v) is 14.7. The summed E-state index contributed by atoms with van der Waals surface area (Å²) in [6.07, 6.45) is 2.27. The molecule has 2 atom stereocenters. The number of aromatic nitrogens is 1. The number of hydrogen-bond donors (Lipinski definition) is 3. The average Bonchev–Trinajstić information content (AvgIpc) is 3.40. The smallest absolute Gasteiger partial charge is 0.244 e. The first-order valence-corrected chi connectivity index (χ1v) is 17.1. The van der Waals surface area contributed by atoms with E-state index in [0.29, 0.717) is 63.7 Å². The van der Waals surface area contributed by atoms with E-state index in [1.165, 1.54) is 28.7 Å². The Kier molecular flexibility index (Phi) is 9.75. The molecule has 2 saturated heterocycles. The highest BCUT2D eigenvalue weighted by molar-refractivity contribution is 7.89. The van der Waals surface area contributed by atoms with Gasteiger partial charge in [0.25, 0.3) is 0 Å². The van der Waals surface area contributed by atoms with Crippen LogP contribution in [0.5, 0.6) is 11.6 Å². The summed E-state index contributed by atoms with van der Waals surface area (Å²) < 4.78 is 84.5. The highest BCUT2D eigenvalue weighted by Gasteiger charge is 2.45. The van der Waals surface area contributed by atoms with Crippen LogP contribution in [0.1, 0.15) is 19.3 Å². The van der Waals surface area contributed by atoms with E-state index >= 15 is 0 Å². The summed E-state index contributed by atoms with van der Waals surface area (Å²) in [6, 6.07) is 7.37. The molecule has 0 unspecified atom stereocenters. The third-order valence-electron chi connectivity index (χ3n) is 7.95. The summed E-state index contributed by atoms with van der Waals surface area (Å²) in [4.78, 5) is 6.25. The van der Waals surface area contributed by atoms with E-state index in [-0.39, 0.29) is 41.3 Å². The molecule has 238 valence electrons. The molecule has 0 aliphatic carbocycles. The van der Waals surface area contributed by atoms with Crippen molar-refractivity contribution in [2.45, 2.75) is 46.8 Å². The van der Waals surface area contributed by atoms with Crippen molar-refractivity contribution >= 4 is 25.7 Å². The van der Waals surface area contributed by atoms with Crippen LogP contribution in [0.25, 0.3) is 0 Å². The van der Waals surface area contributed by atoms with Crippen LogP contribution >= 0.6 is 0 Å². The molecule has 16 heteroatoms. The van der Waals surface area contributed by atoms with E-state index in [4.69, 9.17) is 14.2 Å². The first kappa shape index (κ1) is 31.8. The van der Waals surface area contributed by atoms with E-state index in [2.05, 4.69) is 15.0 Å². The molecular weight excluding hydrogens is 605 g/mol. The SMILES string of the molecule is CN1CCOc2ncc(S(=O)(=O)N3CCC4(CC3)C[C@@H](NC[C@H](O)COc3cccc(S(=O)(=O)NCCF)c3)CO4)cc21. The molecule has 3 aliphatic rings. The van der Waals surface area contributed by atoms with Gasteiger partial charge in [0.05, 0.1) is 29.8 Å². The number of ether oxygens (including phenoxy) is 3. The first-order valence-electron chi connectivity index (χ1n) is 14.2. The van der Waals surface area contributed by atoms with Crippen molar-refractivity contribution in [2.24, 2.45) is 0 Å². The van der Waals surface area contributed by atoms with Crippen molar-refractivity contribution in [3.8, 4) is 11.6 Å². The molecule has 0 bridgehead atoms. The fourth-order valence-corrected chi connectivity index (χ4v) is 7.95. The van der Waals surface area contributed by atoms with Crippen molar-refractivity contribution in [1.82, 2.24) is 19.3 Å². The number of nitrogens with zero attached hydrogens (tertiary/aromatic N) is 3. The summed E-state index contributed by atoms with van der Waals surface area (Å²) in [5.74, 6) is 0.696. The Labute approximate surface area is 251 Å². The number of nitrogens with one attached hydrogen (secondary N) is 2. The topological polar surface area (TPSA) is 160 Å². The molecule has 0 saturated carbocycles. The highest BCUT2D eigenvalue weighted by Crippen LogP contribution is 2.38. The number of pyridine rings is 1. The lowest BCUT2D eigenvalue weighted by Crippen LogP contribution is -2.47. The van der Waals surface area contributed by atoms with Gasteiger partial charge in [-0.05, 0) is 37.5 Å². The number of anilines is 1. The zero-order valence-corrected chi connectivity index (χ0v) is 25.6. The van der Waals surface area contributed by atoms with Crippen LogP contribution in [0.4, 0.5) is 10.1 Å². The molecule has 1 aromatic carbocycles. The zero-order valence-electron chi connectivity index (χ0n) is 23.9. The first-order chi connectivity index (χ1) is 20.5. The van der Waals surface area contributed by atoms with Gasteiger partial charge in [0.2, 0.25) is 25.9 Å². The predicted octanol–water partition coefficient (Wildman–Crippen LogP) is 0.500. The van der Waals surface area contributed by atoms with Crippen molar-refractivity contribution in [1.29, 1.82) is 0 Å². The number of benzene rings is 1. The Morgan fingerprint density at radius 2 is 1.98 bits per heavy atom. The van der Waals surface area contributed by atoms with Gasteiger partial charge in [-0.1, -0.05) is 6.07 Å². The molecule has 0 amide bonds. The van der Waals surface area contributed by atoms with Gasteiger partial charge in [-0.15, -0.1) is 0 Å². The van der Waals surface area contributed by atoms with Gasteiger partial charge in [0, 0.05) is 45.3 Å². The van der Waals surface area contributed by atoms with Gasteiger partial charge < -0.3 is 29.5 Å². The Morgan fingerprint density at radius 3 is 2.74 bits per heavy atom. The van der Waals surface area contributed by atoms with E-state index in [1.807, 2.05) is 11.9 Å². The Hall–Kier alpha value is -2.60. The average molecular weight is 644 g/mol. The maximum atomic E-state index is 13.4. The molecule has 3 N–H and O–H groups in total. The van der Waals surface area contributed by atoms with Gasteiger partial charge in [-0.2, -0.15) is 4.31 Å². The van der Waals surface area contributed by atoms with Gasteiger partial charge in [0.15, 0.2) is 0 Å². The maximum Gasteiger partial charge on any atom is 0.244 e. The van der Waals surface area contributed by atoms with Crippen LogP contribution in [-0.4, -0.2) is 115 Å². The van der Waals surface area contributed by atoms with Gasteiger partial charge in [-0.3, -0.25) is 0 Å². The molecule has 13 nitrogen and oxygen atoms in total. The molecule has 3 aliphatic heterocycles. The summed E-state index contributed by atoms with van der Waals surface area (Å²) in [5, 5.41) is 13.7. The second kappa shape index (κ2) is 13.2. The van der Waals surface area contributed by atoms with Crippen LogP contribution in [0.15, 0.2) is 46.3 Å². The number of piperidine rings is 1. The minimum atomic E-state index is -3.85. The van der Waals surface area contributed by atoms with Crippen LogP contribution in [0.3, 0.4) is 0 Å². The van der Waals surface area contributed by atoms with Crippen molar-refractivity contribution in [3.05, 3.63) is 36.5 Å². The Balaban J connectivity index is 1.08. The molecular formula is C27H38FN5O8S2. The number of hydrogen-bond acceptors (Lipinski definition) is 11. The van der Waals surface area contributed by atoms with E-state index in [1.54, 1.807) is 12.1 Å². The van der Waals surface area contributed by atoms with E-state index in [9.17, 15) is 26.3 Å². The number of likely N-dealkylation sites (N-methyl/N-ethyl adjacent to an activating group) is 1. The number of alkyl halides is 1. The normalized spacial score (nSPS) is 21.4. The van der Waals surface area contributed by atoms with Crippen molar-refractivity contribution in [3.63, 3.8) is 0 Å². The largest absolute Gasteiger partial charge is 0.491 e. The van der Waals surface area contributed by atoms with Crippen LogP contribution in [0, 0.1) is 0 Å². The molecule has 43 heavy (non-hydrogen) atoms. The lowest BCUT2D eigenvalue weighted by Gasteiger charge is -2.38. The van der Waals surface area contributed by atoms with Gasteiger partial charge >= 0.3 is 0 Å². The van der Waals surface area contributed by atoms with E-state index in [0.717, 1.165) is 0 Å². The van der Waals surface area contributed by atoms with Gasteiger partial charge in [-0.25, -0.2) is 30.9 Å². The lowest BCUT2D eigenvalue weighted by molar-refractivity contribution is -0.0312. The quantitative estimate of drug-likeness (QED) is 0.296. The predicted molar refractivity (Wildman–Crippen MR) is 155 cm³/mol. The molecule has 5 rings (SSSR count). The minimum Gasteiger partial charge on any atom is -0.491 e. The third-order valence-corrected chi connectivity index (χ3v) is 11.3. The minimum absolute atomic E-state index is 0.0201. The number of aliphatic hydroxyl groups is 1. The summed E-state index contributed by atoms with van der Waals surface area (Å²) in [6.45, 7) is 1.27. The van der Waals surface area contributed by atoms with E-state index < -0.39 is 38.4 Å². The summed E-state index contributed by atoms with van der Waals surface area (Å²) >= 11 is 0. The standard InChI is InChI=1S/C27H38FN5O8S2/c1-32-11-12-39-26-25(32)14-24(17-30-26)43(37,38)33-9-5-27(6-10-33)15-20(18-41-27)29-16-21(34)19-40-22-3-2-4-23(13-22)42(35,36)31-8-7-28/h2-4,13-14,17,20-21,29,31,34H,5-12,15-16,18-19H2,1H3/t20-,21+/m1/s1. The molecule has 1 spiro atoms. The highest BCUT2D eigenvalue weighted by atomic mass is 32.2. The van der Waals surface area contributed by atoms with Crippen LogP contribution in [0.2, 0.25) is 0 Å².